The number of imide groups is 2. The zero-order chi connectivity index (χ0) is 23.2. The van der Waals surface area contributed by atoms with E-state index in [-0.39, 0.29) is 13.2 Å². The van der Waals surface area contributed by atoms with E-state index in [1.165, 1.54) is 0 Å². The molecule has 170 valence electrons. The van der Waals surface area contributed by atoms with E-state index in [9.17, 15) is 19.2 Å². The Morgan fingerprint density at radius 2 is 1.45 bits per heavy atom. The largest absolute Gasteiger partial charge is 0.449 e. The zero-order valence-electron chi connectivity index (χ0n) is 17.9. The number of hydrogen-bond acceptors (Lipinski definition) is 7. The van der Waals surface area contributed by atoms with Gasteiger partial charge in [-0.25, -0.2) is 9.59 Å². The molecule has 3 N–H and O–H groups in total. The third-order valence-corrected chi connectivity index (χ3v) is 4.19. The Morgan fingerprint density at radius 1 is 0.935 bits per heavy atom. The van der Waals surface area contributed by atoms with Crippen molar-refractivity contribution < 1.29 is 28.7 Å². The predicted octanol–water partition coefficient (Wildman–Crippen LogP) is 4.05. The molecule has 0 atom stereocenters. The van der Waals surface area contributed by atoms with Gasteiger partial charge in [0.05, 0.1) is 13.2 Å². The number of ether oxygens (including phenoxy) is 2. The van der Waals surface area contributed by atoms with Crippen LogP contribution >= 0.6 is 11.6 Å². The molecule has 31 heavy (non-hydrogen) atoms. The Hall–Kier alpha value is -3.07. The van der Waals surface area contributed by atoms with Crippen LogP contribution in [0.1, 0.15) is 45.1 Å². The summed E-state index contributed by atoms with van der Waals surface area (Å²) in [5, 5.41) is 7.16. The van der Waals surface area contributed by atoms with Gasteiger partial charge in [-0.1, -0.05) is 44.4 Å². The maximum Gasteiger partial charge on any atom is 0.414 e. The Kier molecular flexibility index (Phi) is 11.7. The molecule has 0 unspecified atom stereocenters. The van der Waals surface area contributed by atoms with Crippen molar-refractivity contribution in [2.75, 3.05) is 18.5 Å². The second-order valence-corrected chi connectivity index (χ2v) is 6.99. The molecule has 1 rings (SSSR count). The Bertz CT molecular complexity index is 787. The third kappa shape index (κ3) is 9.99. The molecule has 0 aliphatic carbocycles. The van der Waals surface area contributed by atoms with Gasteiger partial charge in [-0.3, -0.25) is 20.2 Å². The highest BCUT2D eigenvalue weighted by Gasteiger charge is 2.23. The molecular weight excluding hydrogens is 426 g/mol. The van der Waals surface area contributed by atoms with E-state index in [0.717, 1.165) is 24.6 Å². The number of alkyl carbamates (subject to hydrolysis) is 2. The lowest BCUT2D eigenvalue weighted by Gasteiger charge is -2.11. The first kappa shape index (κ1) is 26.0. The molecule has 0 aliphatic heterocycles. The van der Waals surface area contributed by atoms with E-state index >= 15 is 0 Å². The first-order chi connectivity index (χ1) is 14.8. The highest BCUT2D eigenvalue weighted by molar-refractivity contribution is 6.31. The summed E-state index contributed by atoms with van der Waals surface area (Å²) in [5.74, 6) is -2.10. The summed E-state index contributed by atoms with van der Waals surface area (Å²) in [4.78, 5) is 48.5. The number of halogens is 1. The molecule has 10 heteroatoms. The lowest BCUT2D eigenvalue weighted by Crippen LogP contribution is -2.40. The molecule has 1 aromatic carbocycles. The number of unbranched alkanes of at least 4 members (excludes halogenated alkanes) is 2. The topological polar surface area (TPSA) is 123 Å². The Morgan fingerprint density at radius 3 is 1.94 bits per heavy atom. The van der Waals surface area contributed by atoms with E-state index in [0.29, 0.717) is 23.6 Å². The van der Waals surface area contributed by atoms with Gasteiger partial charge in [0.15, 0.2) is 0 Å². The molecule has 0 fully saturated rings. The van der Waals surface area contributed by atoms with Crippen LogP contribution in [-0.2, 0) is 19.1 Å². The summed E-state index contributed by atoms with van der Waals surface area (Å²) < 4.78 is 9.74. The molecule has 4 amide bonds. The van der Waals surface area contributed by atoms with Crippen LogP contribution in [0.5, 0.6) is 0 Å². The summed E-state index contributed by atoms with van der Waals surface area (Å²) in [6.45, 7) is 5.89. The Balaban J connectivity index is 2.95. The molecule has 0 bridgehead atoms. The molecule has 0 radical (unpaired) electrons. The summed E-state index contributed by atoms with van der Waals surface area (Å²) >= 11 is 5.97. The lowest BCUT2D eigenvalue weighted by molar-refractivity contribution is -0.122. The van der Waals surface area contributed by atoms with E-state index in [1.54, 1.807) is 25.1 Å². The van der Waals surface area contributed by atoms with Crippen LogP contribution < -0.4 is 16.0 Å². The van der Waals surface area contributed by atoms with E-state index in [1.807, 2.05) is 24.5 Å². The third-order valence-electron chi connectivity index (χ3n) is 3.95. The number of carbonyl (C=O) groups excluding carboxylic acids is 4. The van der Waals surface area contributed by atoms with Crippen molar-refractivity contribution in [3.8, 4) is 0 Å². The van der Waals surface area contributed by atoms with Crippen LogP contribution in [0.15, 0.2) is 30.0 Å². The van der Waals surface area contributed by atoms with Gasteiger partial charge in [0, 0.05) is 16.9 Å². The second kappa shape index (κ2) is 14.0. The van der Waals surface area contributed by atoms with Gasteiger partial charge in [-0.05, 0) is 37.5 Å². The molecule has 0 aromatic heterocycles. The number of aryl methyl sites for hydroxylation is 1. The van der Waals surface area contributed by atoms with Crippen LogP contribution in [0.3, 0.4) is 0 Å². The predicted molar refractivity (Wildman–Crippen MR) is 117 cm³/mol. The molecule has 0 heterocycles. The van der Waals surface area contributed by atoms with Gasteiger partial charge >= 0.3 is 12.2 Å². The minimum atomic E-state index is -1.05. The van der Waals surface area contributed by atoms with E-state index in [4.69, 9.17) is 21.1 Å². The van der Waals surface area contributed by atoms with Crippen LogP contribution in [0.4, 0.5) is 15.3 Å². The number of carbonyl (C=O) groups is 4. The number of nitrogens with one attached hydrogen (secondary N) is 3. The summed E-state index contributed by atoms with van der Waals surface area (Å²) in [6, 6.07) is 5.03. The number of amides is 4. The van der Waals surface area contributed by atoms with Crippen LogP contribution in [0.25, 0.3) is 0 Å². The second-order valence-electron chi connectivity index (χ2n) is 6.55. The van der Waals surface area contributed by atoms with Crippen LogP contribution in [0, 0.1) is 6.92 Å². The normalized spacial score (nSPS) is 9.94. The van der Waals surface area contributed by atoms with Gasteiger partial charge < -0.3 is 14.8 Å². The monoisotopic (exact) mass is 453 g/mol. The van der Waals surface area contributed by atoms with Crippen molar-refractivity contribution in [3.63, 3.8) is 0 Å². The zero-order valence-corrected chi connectivity index (χ0v) is 18.6. The van der Waals surface area contributed by atoms with Crippen LogP contribution in [0.2, 0.25) is 5.02 Å². The maximum atomic E-state index is 12.5. The fourth-order valence-electron chi connectivity index (χ4n) is 2.14. The minimum Gasteiger partial charge on any atom is -0.449 e. The van der Waals surface area contributed by atoms with Crippen molar-refractivity contribution in [1.29, 1.82) is 0 Å². The number of benzene rings is 1. The summed E-state index contributed by atoms with van der Waals surface area (Å²) in [6.07, 6.45) is 1.94. The van der Waals surface area contributed by atoms with Gasteiger partial charge in [-0.2, -0.15) is 0 Å². The minimum absolute atomic E-state index is 0.130. The maximum absolute atomic E-state index is 12.5. The van der Waals surface area contributed by atoms with Gasteiger partial charge in [-0.15, -0.1) is 0 Å². The summed E-state index contributed by atoms with van der Waals surface area (Å²) in [7, 11) is 0. The number of hydrogen-bond donors (Lipinski definition) is 3. The van der Waals surface area contributed by atoms with E-state index in [2.05, 4.69) is 5.32 Å². The van der Waals surface area contributed by atoms with E-state index < -0.39 is 29.6 Å². The lowest BCUT2D eigenvalue weighted by atomic mass is 10.2. The fraction of sp³-hybridized carbons (Fsp3) is 0.429. The van der Waals surface area contributed by atoms with Crippen molar-refractivity contribution in [3.05, 3.63) is 40.6 Å². The van der Waals surface area contributed by atoms with Gasteiger partial charge in [0.2, 0.25) is 0 Å². The first-order valence-corrected chi connectivity index (χ1v) is 10.3. The van der Waals surface area contributed by atoms with Gasteiger partial charge in [0.25, 0.3) is 11.8 Å². The number of anilines is 1. The average Bonchev–Trinajstić information content (AvgIpc) is 2.71. The molecule has 0 saturated heterocycles. The molecule has 0 saturated carbocycles. The Labute approximate surface area is 186 Å². The molecule has 9 nitrogen and oxygen atoms in total. The van der Waals surface area contributed by atoms with Gasteiger partial charge in [0.1, 0.15) is 5.57 Å². The highest BCUT2D eigenvalue weighted by atomic mass is 35.5. The number of rotatable bonds is 10. The fourth-order valence-corrected chi connectivity index (χ4v) is 2.32. The average molecular weight is 454 g/mol. The van der Waals surface area contributed by atoms with Crippen molar-refractivity contribution >= 4 is 41.3 Å². The van der Waals surface area contributed by atoms with Crippen molar-refractivity contribution in [2.24, 2.45) is 0 Å². The highest BCUT2D eigenvalue weighted by Crippen LogP contribution is 2.20. The molecule has 0 spiro atoms. The molecule has 0 aliphatic rings. The van der Waals surface area contributed by atoms with Crippen molar-refractivity contribution in [2.45, 2.75) is 46.5 Å². The quantitative estimate of drug-likeness (QED) is 0.211. The standard InChI is InChI=1S/C21H28ClN3O6/c1-4-6-10-30-20(28)24-18(26)16(19(27)25-21(29)31-11-7-5-2)13-23-17-12-15(22)9-8-14(17)3/h8-9,12-13,23H,4-7,10-11H2,1-3H3,(H,24,26,28)(H,25,27,29). The first-order valence-electron chi connectivity index (χ1n) is 9.97. The summed E-state index contributed by atoms with van der Waals surface area (Å²) in [5.41, 5.74) is 0.791. The van der Waals surface area contributed by atoms with Crippen LogP contribution in [-0.4, -0.2) is 37.2 Å². The molecular formula is C21H28ClN3O6. The molecule has 1 aromatic rings. The smallest absolute Gasteiger partial charge is 0.414 e. The van der Waals surface area contributed by atoms with Crippen molar-refractivity contribution in [1.82, 2.24) is 10.6 Å². The SMILES string of the molecule is CCCCOC(=O)NC(=O)C(=CNc1cc(Cl)ccc1C)C(=O)NC(=O)OCCCC.